The molecule has 2 rings (SSSR count). The molecule has 0 spiro atoms. The molecule has 1 nitrogen and oxygen atoms in total. The molecule has 0 heterocycles. The van der Waals surface area contributed by atoms with Crippen molar-refractivity contribution < 1.29 is 4.74 Å². The van der Waals surface area contributed by atoms with Gasteiger partial charge in [0.25, 0.3) is 0 Å². The first kappa shape index (κ1) is 10.3. The molecule has 76 valence electrons. The molecule has 3 heteroatoms. The lowest BCUT2D eigenvalue weighted by molar-refractivity contribution is 0.128. The molecule has 0 amide bonds. The van der Waals surface area contributed by atoms with Crippen LogP contribution in [0, 0.1) is 6.92 Å². The van der Waals surface area contributed by atoms with Crippen molar-refractivity contribution in [3.63, 3.8) is 0 Å². The highest BCUT2D eigenvalue weighted by Gasteiger charge is 2.28. The Morgan fingerprint density at radius 3 is 2.79 bits per heavy atom. The van der Waals surface area contributed by atoms with Gasteiger partial charge in [0, 0.05) is 4.83 Å². The minimum absolute atomic E-state index is 0.332. The number of aryl methyl sites for hydroxylation is 1. The zero-order valence-electron chi connectivity index (χ0n) is 7.97. The third kappa shape index (κ3) is 2.23. The lowest BCUT2D eigenvalue weighted by atomic mass is 9.96. The van der Waals surface area contributed by atoms with Crippen molar-refractivity contribution in [3.8, 4) is 5.75 Å². The lowest BCUT2D eigenvalue weighted by Crippen LogP contribution is -2.34. The van der Waals surface area contributed by atoms with E-state index < -0.39 is 0 Å². The van der Waals surface area contributed by atoms with Crippen LogP contribution in [0.4, 0.5) is 0 Å². The van der Waals surface area contributed by atoms with E-state index in [2.05, 4.69) is 15.9 Å². The molecule has 0 bridgehead atoms. The summed E-state index contributed by atoms with van der Waals surface area (Å²) in [4.78, 5) is 0.621. The number of rotatable bonds is 2. The van der Waals surface area contributed by atoms with Gasteiger partial charge in [0.1, 0.15) is 11.9 Å². The van der Waals surface area contributed by atoms with Crippen molar-refractivity contribution in [2.45, 2.75) is 30.7 Å². The largest absolute Gasteiger partial charge is 0.489 e. The molecule has 0 unspecified atom stereocenters. The lowest BCUT2D eigenvalue weighted by Gasteiger charge is -2.31. The minimum Gasteiger partial charge on any atom is -0.489 e. The van der Waals surface area contributed by atoms with Gasteiger partial charge < -0.3 is 4.74 Å². The van der Waals surface area contributed by atoms with Crippen molar-refractivity contribution in [2.75, 3.05) is 0 Å². The molecule has 1 aromatic carbocycles. The molecule has 0 N–H and O–H groups in total. The second-order valence-electron chi connectivity index (χ2n) is 3.74. The summed E-state index contributed by atoms with van der Waals surface area (Å²) in [7, 11) is 0. The summed E-state index contributed by atoms with van der Waals surface area (Å²) in [5.74, 6) is 0.816. The Morgan fingerprint density at radius 1 is 1.43 bits per heavy atom. The summed E-state index contributed by atoms with van der Waals surface area (Å²) in [6.07, 6.45) is 2.48. The molecule has 0 atom stereocenters. The first-order valence-electron chi connectivity index (χ1n) is 4.72. The maximum absolute atomic E-state index is 6.02. The number of hydrogen-bond acceptors (Lipinski definition) is 1. The van der Waals surface area contributed by atoms with Crippen LogP contribution in [0.1, 0.15) is 18.4 Å². The topological polar surface area (TPSA) is 9.23 Å². The van der Waals surface area contributed by atoms with Gasteiger partial charge in [-0.25, -0.2) is 0 Å². The van der Waals surface area contributed by atoms with Crippen molar-refractivity contribution in [1.82, 2.24) is 0 Å². The van der Waals surface area contributed by atoms with Crippen LogP contribution >= 0.6 is 27.5 Å². The van der Waals surface area contributed by atoms with E-state index in [9.17, 15) is 0 Å². The molecule has 0 saturated heterocycles. The number of halogens is 2. The van der Waals surface area contributed by atoms with Crippen LogP contribution in [0.15, 0.2) is 18.2 Å². The van der Waals surface area contributed by atoms with E-state index >= 15 is 0 Å². The normalized spacial score (nSPS) is 25.6. The van der Waals surface area contributed by atoms with E-state index in [0.29, 0.717) is 16.0 Å². The van der Waals surface area contributed by atoms with E-state index in [1.165, 1.54) is 5.56 Å². The highest BCUT2D eigenvalue weighted by atomic mass is 79.9. The van der Waals surface area contributed by atoms with Gasteiger partial charge in [-0.05, 0) is 37.5 Å². The SMILES string of the molecule is Cc1ccc(Cl)c(OC2CC(Br)C2)c1. The van der Waals surface area contributed by atoms with Gasteiger partial charge in [-0.3, -0.25) is 0 Å². The van der Waals surface area contributed by atoms with Gasteiger partial charge in [-0.15, -0.1) is 0 Å². The molecule has 1 aliphatic rings. The fourth-order valence-corrected chi connectivity index (χ4v) is 2.47. The summed E-state index contributed by atoms with van der Waals surface area (Å²) in [6.45, 7) is 2.04. The Bertz CT molecular complexity index is 334. The third-order valence-electron chi connectivity index (χ3n) is 2.42. The van der Waals surface area contributed by atoms with E-state index in [-0.39, 0.29) is 0 Å². The predicted molar refractivity (Wildman–Crippen MR) is 62.6 cm³/mol. The molecule has 0 radical (unpaired) electrons. The Balaban J connectivity index is 2.05. The number of hydrogen-bond donors (Lipinski definition) is 0. The maximum Gasteiger partial charge on any atom is 0.138 e. The number of benzene rings is 1. The van der Waals surface area contributed by atoms with E-state index in [0.717, 1.165) is 18.6 Å². The molecule has 1 aliphatic carbocycles. The first-order valence-corrected chi connectivity index (χ1v) is 6.01. The highest BCUT2D eigenvalue weighted by Crippen LogP contribution is 2.34. The molecular formula is C11H12BrClO. The molecule has 1 fully saturated rings. The molecule has 1 aromatic rings. The van der Waals surface area contributed by atoms with Crippen LogP contribution in [-0.4, -0.2) is 10.9 Å². The van der Waals surface area contributed by atoms with Crippen LogP contribution < -0.4 is 4.74 Å². The molecule has 1 saturated carbocycles. The van der Waals surface area contributed by atoms with Crippen LogP contribution in [0.3, 0.4) is 0 Å². The van der Waals surface area contributed by atoms with Gasteiger partial charge >= 0.3 is 0 Å². The van der Waals surface area contributed by atoms with Gasteiger partial charge in [0.05, 0.1) is 5.02 Å². The second-order valence-corrected chi connectivity index (χ2v) is 5.44. The zero-order chi connectivity index (χ0) is 10.1. The van der Waals surface area contributed by atoms with E-state index in [1.807, 2.05) is 25.1 Å². The van der Waals surface area contributed by atoms with Crippen LogP contribution in [0.25, 0.3) is 0 Å². The van der Waals surface area contributed by atoms with Crippen molar-refractivity contribution in [1.29, 1.82) is 0 Å². The van der Waals surface area contributed by atoms with Crippen LogP contribution in [-0.2, 0) is 0 Å². The Morgan fingerprint density at radius 2 is 2.14 bits per heavy atom. The summed E-state index contributed by atoms with van der Waals surface area (Å²) in [5, 5.41) is 0.702. The highest BCUT2D eigenvalue weighted by molar-refractivity contribution is 9.09. The second kappa shape index (κ2) is 4.11. The Labute approximate surface area is 97.5 Å². The van der Waals surface area contributed by atoms with Crippen LogP contribution in [0.2, 0.25) is 5.02 Å². The average Bonchev–Trinajstić information content (AvgIpc) is 2.09. The average molecular weight is 276 g/mol. The quantitative estimate of drug-likeness (QED) is 0.743. The predicted octanol–water partition coefficient (Wildman–Crippen LogP) is 3.95. The number of alkyl halides is 1. The fraction of sp³-hybridized carbons (Fsp3) is 0.455. The van der Waals surface area contributed by atoms with E-state index in [4.69, 9.17) is 16.3 Å². The molecule has 0 aliphatic heterocycles. The van der Waals surface area contributed by atoms with Gasteiger partial charge in [-0.2, -0.15) is 0 Å². The summed E-state index contributed by atoms with van der Waals surface area (Å²) < 4.78 is 5.77. The standard InChI is InChI=1S/C11H12BrClO/c1-7-2-3-10(13)11(4-7)14-9-5-8(12)6-9/h2-4,8-9H,5-6H2,1H3. The van der Waals surface area contributed by atoms with Crippen LogP contribution in [0.5, 0.6) is 5.75 Å². The Kier molecular flexibility index (Phi) is 3.03. The third-order valence-corrected chi connectivity index (χ3v) is 3.48. The molecule has 0 aromatic heterocycles. The summed E-state index contributed by atoms with van der Waals surface area (Å²) >= 11 is 9.55. The molecular weight excluding hydrogens is 263 g/mol. The minimum atomic E-state index is 0.332. The van der Waals surface area contributed by atoms with Gasteiger partial charge in [0.2, 0.25) is 0 Å². The zero-order valence-corrected chi connectivity index (χ0v) is 10.3. The smallest absolute Gasteiger partial charge is 0.138 e. The number of ether oxygens (including phenoxy) is 1. The monoisotopic (exact) mass is 274 g/mol. The maximum atomic E-state index is 6.02. The molecule has 14 heavy (non-hydrogen) atoms. The van der Waals surface area contributed by atoms with Crippen molar-refractivity contribution in [2.24, 2.45) is 0 Å². The summed E-state index contributed by atoms with van der Waals surface area (Å²) in [5.41, 5.74) is 1.18. The van der Waals surface area contributed by atoms with Gasteiger partial charge in [-0.1, -0.05) is 33.6 Å². The fourth-order valence-electron chi connectivity index (χ4n) is 1.48. The van der Waals surface area contributed by atoms with Crippen molar-refractivity contribution in [3.05, 3.63) is 28.8 Å². The van der Waals surface area contributed by atoms with Gasteiger partial charge in [0.15, 0.2) is 0 Å². The van der Waals surface area contributed by atoms with Crippen molar-refractivity contribution >= 4 is 27.5 Å². The first-order chi connectivity index (χ1) is 6.65. The Hall–Kier alpha value is -0.210. The summed E-state index contributed by atoms with van der Waals surface area (Å²) in [6, 6.07) is 5.86. The van der Waals surface area contributed by atoms with E-state index in [1.54, 1.807) is 0 Å².